The van der Waals surface area contributed by atoms with Gasteiger partial charge in [-0.05, 0) is 43.4 Å². The van der Waals surface area contributed by atoms with E-state index in [-0.39, 0.29) is 6.10 Å². The van der Waals surface area contributed by atoms with Crippen LogP contribution in [0.4, 0.5) is 4.79 Å². The van der Waals surface area contributed by atoms with Gasteiger partial charge in [0.1, 0.15) is 12.7 Å². The van der Waals surface area contributed by atoms with Crippen molar-refractivity contribution in [2.45, 2.75) is 39.4 Å². The van der Waals surface area contributed by atoms with E-state index in [0.717, 1.165) is 18.4 Å². The standard InChI is InChI=1S/C13H16O3/c1-9-4-3-5-11(10(9)2)8-15-13(14)16-12-6-7-12/h3-5,12H,6-8H2,1-2H3. The molecule has 2 rings (SSSR count). The van der Waals surface area contributed by atoms with Crippen LogP contribution in [0.2, 0.25) is 0 Å². The van der Waals surface area contributed by atoms with Crippen molar-refractivity contribution in [1.82, 2.24) is 0 Å². The second kappa shape index (κ2) is 4.56. The molecule has 0 N–H and O–H groups in total. The van der Waals surface area contributed by atoms with Gasteiger partial charge in [0.05, 0.1) is 0 Å². The zero-order chi connectivity index (χ0) is 11.5. The van der Waals surface area contributed by atoms with Crippen LogP contribution in [0.15, 0.2) is 18.2 Å². The number of ether oxygens (including phenoxy) is 2. The maximum atomic E-state index is 11.2. The summed E-state index contributed by atoms with van der Waals surface area (Å²) >= 11 is 0. The zero-order valence-corrected chi connectivity index (χ0v) is 9.66. The van der Waals surface area contributed by atoms with Crippen LogP contribution < -0.4 is 0 Å². The number of aryl methyl sites for hydroxylation is 1. The number of hydrogen-bond donors (Lipinski definition) is 0. The summed E-state index contributed by atoms with van der Waals surface area (Å²) in [5.74, 6) is 0. The number of carbonyl (C=O) groups excluding carboxylic acids is 1. The Balaban J connectivity index is 1.88. The van der Waals surface area contributed by atoms with Gasteiger partial charge in [-0.3, -0.25) is 0 Å². The van der Waals surface area contributed by atoms with Gasteiger partial charge in [0.15, 0.2) is 0 Å². The average Bonchev–Trinajstić information content (AvgIpc) is 3.04. The highest BCUT2D eigenvalue weighted by molar-refractivity contribution is 5.60. The first kappa shape index (κ1) is 11.0. The highest BCUT2D eigenvalue weighted by Gasteiger charge is 2.26. The molecule has 0 unspecified atom stereocenters. The molecule has 1 aromatic carbocycles. The fourth-order valence-electron chi connectivity index (χ4n) is 1.46. The molecule has 0 bridgehead atoms. The summed E-state index contributed by atoms with van der Waals surface area (Å²) in [6, 6.07) is 5.97. The van der Waals surface area contributed by atoms with Gasteiger partial charge >= 0.3 is 6.16 Å². The summed E-state index contributed by atoms with van der Waals surface area (Å²) < 4.78 is 10.0. The van der Waals surface area contributed by atoms with Crippen LogP contribution in [0.5, 0.6) is 0 Å². The van der Waals surface area contributed by atoms with Gasteiger partial charge in [0, 0.05) is 0 Å². The number of carbonyl (C=O) groups is 1. The number of rotatable bonds is 3. The predicted octanol–water partition coefficient (Wildman–Crippen LogP) is 3.12. The van der Waals surface area contributed by atoms with E-state index in [2.05, 4.69) is 0 Å². The Bertz CT molecular complexity index is 394. The molecule has 1 aliphatic carbocycles. The van der Waals surface area contributed by atoms with Crippen LogP contribution >= 0.6 is 0 Å². The molecule has 1 fully saturated rings. The lowest BCUT2D eigenvalue weighted by atomic mass is 10.0. The second-order valence-electron chi connectivity index (χ2n) is 4.21. The minimum atomic E-state index is -0.552. The van der Waals surface area contributed by atoms with Crippen molar-refractivity contribution in [3.05, 3.63) is 34.9 Å². The molecular weight excluding hydrogens is 204 g/mol. The summed E-state index contributed by atoms with van der Waals surface area (Å²) in [5.41, 5.74) is 3.41. The molecule has 0 heterocycles. The molecule has 0 radical (unpaired) electrons. The van der Waals surface area contributed by atoms with E-state index in [1.54, 1.807) is 0 Å². The Morgan fingerprint density at radius 2 is 2.12 bits per heavy atom. The maximum absolute atomic E-state index is 11.2. The third-order valence-electron chi connectivity index (χ3n) is 2.85. The van der Waals surface area contributed by atoms with Gasteiger partial charge in [-0.15, -0.1) is 0 Å². The normalized spacial score (nSPS) is 14.6. The summed E-state index contributed by atoms with van der Waals surface area (Å²) in [6.07, 6.45) is 1.49. The average molecular weight is 220 g/mol. The summed E-state index contributed by atoms with van der Waals surface area (Å²) in [7, 11) is 0. The monoisotopic (exact) mass is 220 g/mol. The molecule has 0 aromatic heterocycles. The smallest absolute Gasteiger partial charge is 0.431 e. The molecule has 1 saturated carbocycles. The minimum absolute atomic E-state index is 0.103. The first-order chi connectivity index (χ1) is 7.66. The first-order valence-electron chi connectivity index (χ1n) is 5.55. The van der Waals surface area contributed by atoms with Crippen molar-refractivity contribution in [2.24, 2.45) is 0 Å². The van der Waals surface area contributed by atoms with Gasteiger partial charge in [-0.1, -0.05) is 18.2 Å². The summed E-state index contributed by atoms with van der Waals surface area (Å²) in [5, 5.41) is 0. The minimum Gasteiger partial charge on any atom is -0.431 e. The van der Waals surface area contributed by atoms with E-state index in [9.17, 15) is 4.79 Å². The molecular formula is C13H16O3. The SMILES string of the molecule is Cc1cccc(COC(=O)OC2CC2)c1C. The molecule has 0 spiro atoms. The molecule has 1 aliphatic rings. The van der Waals surface area contributed by atoms with Crippen molar-refractivity contribution in [3.63, 3.8) is 0 Å². The Morgan fingerprint density at radius 3 is 2.81 bits per heavy atom. The van der Waals surface area contributed by atoms with E-state index >= 15 is 0 Å². The molecule has 0 aliphatic heterocycles. The highest BCUT2D eigenvalue weighted by atomic mass is 16.7. The molecule has 3 heteroatoms. The van der Waals surface area contributed by atoms with E-state index < -0.39 is 6.16 Å². The lowest BCUT2D eigenvalue weighted by Crippen LogP contribution is -2.09. The van der Waals surface area contributed by atoms with Crippen LogP contribution in [0.1, 0.15) is 29.5 Å². The number of benzene rings is 1. The van der Waals surface area contributed by atoms with E-state index in [4.69, 9.17) is 9.47 Å². The van der Waals surface area contributed by atoms with Crippen LogP contribution in [0, 0.1) is 13.8 Å². The quantitative estimate of drug-likeness (QED) is 0.734. The molecule has 0 atom stereocenters. The fraction of sp³-hybridized carbons (Fsp3) is 0.462. The topological polar surface area (TPSA) is 35.5 Å². The Morgan fingerprint density at radius 1 is 1.38 bits per heavy atom. The third kappa shape index (κ3) is 2.75. The Kier molecular flexibility index (Phi) is 3.13. The lowest BCUT2D eigenvalue weighted by Gasteiger charge is -2.09. The van der Waals surface area contributed by atoms with E-state index in [1.807, 2.05) is 32.0 Å². The predicted molar refractivity (Wildman–Crippen MR) is 60.2 cm³/mol. The van der Waals surface area contributed by atoms with Crippen molar-refractivity contribution in [2.75, 3.05) is 0 Å². The Hall–Kier alpha value is -1.51. The van der Waals surface area contributed by atoms with Gasteiger partial charge in [0.2, 0.25) is 0 Å². The van der Waals surface area contributed by atoms with Gasteiger partial charge in [-0.2, -0.15) is 0 Å². The van der Waals surface area contributed by atoms with Gasteiger partial charge in [0.25, 0.3) is 0 Å². The largest absolute Gasteiger partial charge is 0.508 e. The van der Waals surface area contributed by atoms with Crippen LogP contribution in [-0.2, 0) is 16.1 Å². The Labute approximate surface area is 95.4 Å². The highest BCUT2D eigenvalue weighted by Crippen LogP contribution is 2.24. The van der Waals surface area contributed by atoms with Crippen molar-refractivity contribution in [1.29, 1.82) is 0 Å². The van der Waals surface area contributed by atoms with Crippen molar-refractivity contribution < 1.29 is 14.3 Å². The molecule has 1 aromatic rings. The second-order valence-corrected chi connectivity index (χ2v) is 4.21. The number of hydrogen-bond acceptors (Lipinski definition) is 3. The third-order valence-corrected chi connectivity index (χ3v) is 2.85. The first-order valence-corrected chi connectivity index (χ1v) is 5.55. The molecule has 3 nitrogen and oxygen atoms in total. The van der Waals surface area contributed by atoms with Crippen LogP contribution in [-0.4, -0.2) is 12.3 Å². The van der Waals surface area contributed by atoms with Crippen LogP contribution in [0.3, 0.4) is 0 Å². The molecule has 0 saturated heterocycles. The summed E-state index contributed by atoms with van der Waals surface area (Å²) in [4.78, 5) is 11.2. The van der Waals surface area contributed by atoms with E-state index in [1.165, 1.54) is 11.1 Å². The van der Waals surface area contributed by atoms with Crippen molar-refractivity contribution >= 4 is 6.16 Å². The fourth-order valence-corrected chi connectivity index (χ4v) is 1.46. The lowest BCUT2D eigenvalue weighted by molar-refractivity contribution is 0.0444. The van der Waals surface area contributed by atoms with Crippen LogP contribution in [0.25, 0.3) is 0 Å². The molecule has 86 valence electrons. The van der Waals surface area contributed by atoms with E-state index in [0.29, 0.717) is 6.61 Å². The molecule has 16 heavy (non-hydrogen) atoms. The molecule has 0 amide bonds. The van der Waals surface area contributed by atoms with Gasteiger partial charge in [-0.25, -0.2) is 4.79 Å². The zero-order valence-electron chi connectivity index (χ0n) is 9.66. The van der Waals surface area contributed by atoms with Crippen molar-refractivity contribution in [3.8, 4) is 0 Å². The maximum Gasteiger partial charge on any atom is 0.508 e. The summed E-state index contributed by atoms with van der Waals surface area (Å²) in [6.45, 7) is 4.36. The van der Waals surface area contributed by atoms with Gasteiger partial charge < -0.3 is 9.47 Å².